The van der Waals surface area contributed by atoms with Gasteiger partial charge >= 0.3 is 0 Å². The lowest BCUT2D eigenvalue weighted by molar-refractivity contribution is -0.309. The van der Waals surface area contributed by atoms with E-state index in [0.29, 0.717) is 13.2 Å². The van der Waals surface area contributed by atoms with E-state index in [9.17, 15) is 9.90 Å². The average Bonchev–Trinajstić information content (AvgIpc) is 2.15. The van der Waals surface area contributed by atoms with Crippen molar-refractivity contribution in [3.63, 3.8) is 0 Å². The van der Waals surface area contributed by atoms with Gasteiger partial charge in [-0.05, 0) is 0 Å². The summed E-state index contributed by atoms with van der Waals surface area (Å²) in [6.45, 7) is 0.968. The van der Waals surface area contributed by atoms with Gasteiger partial charge in [-0.2, -0.15) is 0 Å². The van der Waals surface area contributed by atoms with E-state index >= 15 is 0 Å². The molecule has 1 aliphatic heterocycles. The molecular weight excluding hydrogens is 124 g/mol. The lowest BCUT2D eigenvalue weighted by Gasteiger charge is -2.07. The molecule has 0 aliphatic carbocycles. The Morgan fingerprint density at radius 3 is 2.56 bits per heavy atom. The third kappa shape index (κ3) is 1.99. The Morgan fingerprint density at radius 1 is 1.56 bits per heavy atom. The fraction of sp³-hybridized carbons (Fsp3) is 0.800. The van der Waals surface area contributed by atoms with E-state index in [4.69, 9.17) is 9.47 Å². The maximum Gasteiger partial charge on any atom is 0.162 e. The summed E-state index contributed by atoms with van der Waals surface area (Å²) in [6.07, 6.45) is -0.741. The van der Waals surface area contributed by atoms with Crippen LogP contribution in [0, 0.1) is 0 Å². The third-order valence-corrected chi connectivity index (χ3v) is 1.02. The number of ether oxygens (including phenoxy) is 2. The molecule has 0 N–H and O–H groups in total. The third-order valence-electron chi connectivity index (χ3n) is 1.02. The Balaban J connectivity index is 2.19. The van der Waals surface area contributed by atoms with E-state index in [1.54, 1.807) is 0 Å². The number of carbonyl (C=O) groups excluding carboxylic acids is 1. The van der Waals surface area contributed by atoms with Crippen LogP contribution >= 0.6 is 0 Å². The number of carbonyl (C=O) groups is 1. The summed E-state index contributed by atoms with van der Waals surface area (Å²) in [7, 11) is 0. The van der Waals surface area contributed by atoms with Crippen LogP contribution in [0.4, 0.5) is 0 Å². The summed E-state index contributed by atoms with van der Waals surface area (Å²) in [5, 5.41) is 9.88. The average molecular weight is 131 g/mol. The predicted molar refractivity (Wildman–Crippen MR) is 25.3 cm³/mol. The summed E-state index contributed by atoms with van der Waals surface area (Å²) in [5.41, 5.74) is 0. The van der Waals surface area contributed by atoms with E-state index in [-0.39, 0.29) is 6.42 Å². The van der Waals surface area contributed by atoms with Crippen molar-refractivity contribution in [1.82, 2.24) is 0 Å². The zero-order valence-corrected chi connectivity index (χ0v) is 4.83. The van der Waals surface area contributed by atoms with Crippen LogP contribution in [-0.2, 0) is 14.3 Å². The normalized spacial score (nSPS) is 20.4. The van der Waals surface area contributed by atoms with Crippen LogP contribution in [-0.4, -0.2) is 25.5 Å². The minimum absolute atomic E-state index is 0.167. The fourth-order valence-electron chi connectivity index (χ4n) is 0.661. The smallest absolute Gasteiger partial charge is 0.162 e. The molecule has 9 heavy (non-hydrogen) atoms. The molecular formula is C5H7O4-. The molecule has 1 aliphatic rings. The van der Waals surface area contributed by atoms with Gasteiger partial charge in [0.25, 0.3) is 0 Å². The van der Waals surface area contributed by atoms with E-state index in [0.717, 1.165) is 0 Å². The Labute approximate surface area is 52.4 Å². The van der Waals surface area contributed by atoms with Crippen molar-refractivity contribution in [3.05, 3.63) is 0 Å². The second-order valence-corrected chi connectivity index (χ2v) is 1.75. The Hall–Kier alpha value is -0.610. The Kier molecular flexibility index (Phi) is 2.02. The summed E-state index contributed by atoms with van der Waals surface area (Å²) in [5.74, 6) is -1.14. The molecule has 4 nitrogen and oxygen atoms in total. The van der Waals surface area contributed by atoms with Crippen molar-refractivity contribution in [2.45, 2.75) is 12.7 Å². The minimum atomic E-state index is -1.14. The van der Waals surface area contributed by atoms with Crippen LogP contribution in [0.2, 0.25) is 0 Å². The van der Waals surface area contributed by atoms with Crippen molar-refractivity contribution < 1.29 is 19.4 Å². The number of hydrogen-bond acceptors (Lipinski definition) is 4. The predicted octanol–water partition coefficient (Wildman–Crippen LogP) is -1.50. The molecule has 0 aromatic heterocycles. The van der Waals surface area contributed by atoms with E-state index in [1.165, 1.54) is 0 Å². The molecule has 52 valence electrons. The fourth-order valence-corrected chi connectivity index (χ4v) is 0.661. The standard InChI is InChI=1S/C5H8O4/c6-4(7)3-5-8-1-2-9-5/h5H,1-3H2,(H,6,7)/p-1. The van der Waals surface area contributed by atoms with Gasteiger partial charge in [0.05, 0.1) is 13.2 Å². The van der Waals surface area contributed by atoms with E-state index in [2.05, 4.69) is 0 Å². The van der Waals surface area contributed by atoms with Gasteiger partial charge < -0.3 is 19.4 Å². The van der Waals surface area contributed by atoms with Crippen molar-refractivity contribution in [1.29, 1.82) is 0 Å². The van der Waals surface area contributed by atoms with Gasteiger partial charge in [0, 0.05) is 12.4 Å². The number of rotatable bonds is 2. The van der Waals surface area contributed by atoms with Crippen molar-refractivity contribution in [2.24, 2.45) is 0 Å². The maximum atomic E-state index is 9.88. The number of carboxylic acid groups (broad SMARTS) is 1. The highest BCUT2D eigenvalue weighted by Gasteiger charge is 2.14. The number of hydrogen-bond donors (Lipinski definition) is 0. The van der Waals surface area contributed by atoms with Crippen molar-refractivity contribution in [2.75, 3.05) is 13.2 Å². The lowest BCUT2D eigenvalue weighted by atomic mass is 10.4. The molecule has 0 bridgehead atoms. The molecule has 0 saturated carbocycles. The number of aliphatic carboxylic acids is 1. The first kappa shape index (κ1) is 6.51. The summed E-state index contributed by atoms with van der Waals surface area (Å²) in [6, 6.07) is 0. The maximum absolute atomic E-state index is 9.88. The van der Waals surface area contributed by atoms with Gasteiger partial charge in [0.2, 0.25) is 0 Å². The van der Waals surface area contributed by atoms with Crippen molar-refractivity contribution in [3.8, 4) is 0 Å². The summed E-state index contributed by atoms with van der Waals surface area (Å²) in [4.78, 5) is 9.88. The van der Waals surface area contributed by atoms with Crippen molar-refractivity contribution >= 4 is 5.97 Å². The highest BCUT2D eigenvalue weighted by Crippen LogP contribution is 2.05. The molecule has 0 radical (unpaired) electrons. The topological polar surface area (TPSA) is 58.6 Å². The van der Waals surface area contributed by atoms with E-state index < -0.39 is 12.3 Å². The van der Waals surface area contributed by atoms with Crippen LogP contribution in [0.5, 0.6) is 0 Å². The molecule has 1 rings (SSSR count). The second kappa shape index (κ2) is 2.80. The van der Waals surface area contributed by atoms with Crippen LogP contribution in [0.15, 0.2) is 0 Å². The largest absolute Gasteiger partial charge is 0.550 e. The molecule has 1 heterocycles. The highest BCUT2D eigenvalue weighted by molar-refractivity contribution is 5.64. The monoisotopic (exact) mass is 131 g/mol. The minimum Gasteiger partial charge on any atom is -0.550 e. The second-order valence-electron chi connectivity index (χ2n) is 1.75. The molecule has 1 saturated heterocycles. The molecule has 0 atom stereocenters. The molecule has 0 unspecified atom stereocenters. The van der Waals surface area contributed by atoms with Gasteiger partial charge in [-0.1, -0.05) is 0 Å². The quantitative estimate of drug-likeness (QED) is 0.457. The lowest BCUT2D eigenvalue weighted by Crippen LogP contribution is -2.27. The van der Waals surface area contributed by atoms with Crippen LogP contribution < -0.4 is 5.11 Å². The Morgan fingerprint density at radius 2 is 2.11 bits per heavy atom. The SMILES string of the molecule is O=C([O-])CC1OCCO1. The molecule has 4 heteroatoms. The highest BCUT2D eigenvalue weighted by atomic mass is 16.7. The van der Waals surface area contributed by atoms with Gasteiger partial charge in [-0.15, -0.1) is 0 Å². The molecule has 1 fully saturated rings. The van der Waals surface area contributed by atoms with Crippen LogP contribution in [0.25, 0.3) is 0 Å². The van der Waals surface area contributed by atoms with Gasteiger partial charge in [0.1, 0.15) is 0 Å². The van der Waals surface area contributed by atoms with Gasteiger partial charge in [-0.3, -0.25) is 0 Å². The molecule has 0 aromatic carbocycles. The zero-order chi connectivity index (χ0) is 6.69. The van der Waals surface area contributed by atoms with Crippen LogP contribution in [0.1, 0.15) is 6.42 Å². The van der Waals surface area contributed by atoms with Gasteiger partial charge in [0.15, 0.2) is 6.29 Å². The summed E-state index contributed by atoms with van der Waals surface area (Å²) < 4.78 is 9.64. The first-order chi connectivity index (χ1) is 4.29. The first-order valence-electron chi connectivity index (χ1n) is 2.72. The molecule has 0 amide bonds. The van der Waals surface area contributed by atoms with Gasteiger partial charge in [-0.25, -0.2) is 0 Å². The Bertz CT molecular complexity index is 106. The first-order valence-corrected chi connectivity index (χ1v) is 2.72. The zero-order valence-electron chi connectivity index (χ0n) is 4.83. The molecule has 0 spiro atoms. The van der Waals surface area contributed by atoms with Crippen LogP contribution in [0.3, 0.4) is 0 Å². The number of carboxylic acids is 1. The molecule has 0 aromatic rings. The van der Waals surface area contributed by atoms with E-state index in [1.807, 2.05) is 0 Å². The summed E-state index contributed by atoms with van der Waals surface area (Å²) >= 11 is 0.